The van der Waals surface area contributed by atoms with Gasteiger partial charge in [0.15, 0.2) is 0 Å². The summed E-state index contributed by atoms with van der Waals surface area (Å²) in [5.74, 6) is 1.31. The number of pyridine rings is 1. The summed E-state index contributed by atoms with van der Waals surface area (Å²) in [6, 6.07) is 5.74. The van der Waals surface area contributed by atoms with E-state index in [4.69, 9.17) is 10.4 Å². The predicted octanol–water partition coefficient (Wildman–Crippen LogP) is 1.16. The minimum absolute atomic E-state index is 0.242. The van der Waals surface area contributed by atoms with E-state index in [1.807, 2.05) is 0 Å². The Bertz CT molecular complexity index is 399. The van der Waals surface area contributed by atoms with Crippen molar-refractivity contribution in [2.45, 2.75) is 12.8 Å². The molecule has 1 atom stereocenters. The van der Waals surface area contributed by atoms with Gasteiger partial charge in [-0.05, 0) is 30.9 Å². The van der Waals surface area contributed by atoms with Gasteiger partial charge in [0.2, 0.25) is 0 Å². The molecule has 0 aromatic carbocycles. The number of nitrogens with zero attached hydrogens (tertiary/aromatic N) is 3. The number of anilines is 1. The second-order valence-electron chi connectivity index (χ2n) is 4.10. The van der Waals surface area contributed by atoms with Gasteiger partial charge in [-0.3, -0.25) is 0 Å². The van der Waals surface area contributed by atoms with Crippen molar-refractivity contribution < 1.29 is 5.11 Å². The van der Waals surface area contributed by atoms with Crippen molar-refractivity contribution in [2.75, 3.05) is 24.6 Å². The second kappa shape index (κ2) is 4.95. The summed E-state index contributed by atoms with van der Waals surface area (Å²) >= 11 is 0. The molecule has 0 amide bonds. The van der Waals surface area contributed by atoms with Crippen LogP contribution in [0.25, 0.3) is 0 Å². The van der Waals surface area contributed by atoms with Gasteiger partial charge in [-0.25, -0.2) is 4.98 Å². The molecule has 1 aliphatic heterocycles. The van der Waals surface area contributed by atoms with Crippen molar-refractivity contribution in [3.8, 4) is 6.07 Å². The lowest BCUT2D eigenvalue weighted by molar-refractivity contribution is 0.263. The maximum Gasteiger partial charge on any atom is 0.146 e. The molecule has 0 aliphatic carbocycles. The van der Waals surface area contributed by atoms with E-state index in [0.717, 1.165) is 31.7 Å². The van der Waals surface area contributed by atoms with Crippen LogP contribution in [0.3, 0.4) is 0 Å². The van der Waals surface area contributed by atoms with Crippen LogP contribution in [0.5, 0.6) is 0 Å². The second-order valence-corrected chi connectivity index (χ2v) is 4.10. The van der Waals surface area contributed by atoms with Crippen LogP contribution in [-0.2, 0) is 0 Å². The summed E-state index contributed by atoms with van der Waals surface area (Å²) < 4.78 is 0. The fourth-order valence-corrected chi connectivity index (χ4v) is 2.18. The van der Waals surface area contributed by atoms with Gasteiger partial charge >= 0.3 is 0 Å². The summed E-state index contributed by atoms with van der Waals surface area (Å²) in [5.41, 5.74) is 0.632. The molecule has 4 heteroatoms. The molecular weight excluding hydrogens is 202 g/mol. The number of aromatic nitrogens is 1. The predicted molar refractivity (Wildman–Crippen MR) is 61.0 cm³/mol. The number of nitriles is 1. The monoisotopic (exact) mass is 217 g/mol. The molecule has 1 aromatic rings. The molecule has 1 unspecified atom stereocenters. The Kier molecular flexibility index (Phi) is 3.37. The summed E-state index contributed by atoms with van der Waals surface area (Å²) in [5, 5.41) is 17.9. The zero-order chi connectivity index (χ0) is 11.4. The third-order valence-electron chi connectivity index (χ3n) is 3.03. The van der Waals surface area contributed by atoms with Gasteiger partial charge in [0, 0.05) is 25.9 Å². The Morgan fingerprint density at radius 1 is 1.62 bits per heavy atom. The van der Waals surface area contributed by atoms with Crippen LogP contribution in [0.4, 0.5) is 5.82 Å². The highest BCUT2D eigenvalue weighted by molar-refractivity contribution is 5.53. The zero-order valence-electron chi connectivity index (χ0n) is 9.13. The third-order valence-corrected chi connectivity index (χ3v) is 3.03. The Morgan fingerprint density at radius 2 is 2.50 bits per heavy atom. The molecule has 1 aliphatic rings. The molecule has 2 heterocycles. The van der Waals surface area contributed by atoms with Gasteiger partial charge in [-0.2, -0.15) is 5.26 Å². The van der Waals surface area contributed by atoms with Crippen molar-refractivity contribution >= 4 is 5.82 Å². The SMILES string of the molecule is N#Cc1cccnc1N1CCC(CCO)C1. The molecule has 0 saturated carbocycles. The van der Waals surface area contributed by atoms with Gasteiger partial charge in [0.25, 0.3) is 0 Å². The molecule has 1 aromatic heterocycles. The van der Waals surface area contributed by atoms with E-state index < -0.39 is 0 Å². The minimum Gasteiger partial charge on any atom is -0.396 e. The van der Waals surface area contributed by atoms with E-state index >= 15 is 0 Å². The van der Waals surface area contributed by atoms with Crippen LogP contribution >= 0.6 is 0 Å². The zero-order valence-corrected chi connectivity index (χ0v) is 9.13. The highest BCUT2D eigenvalue weighted by Gasteiger charge is 2.24. The van der Waals surface area contributed by atoms with Gasteiger partial charge in [-0.15, -0.1) is 0 Å². The minimum atomic E-state index is 0.242. The fraction of sp³-hybridized carbons (Fsp3) is 0.500. The average molecular weight is 217 g/mol. The maximum absolute atomic E-state index is 8.99. The van der Waals surface area contributed by atoms with E-state index in [9.17, 15) is 0 Å². The lowest BCUT2D eigenvalue weighted by Gasteiger charge is -2.18. The number of aliphatic hydroxyl groups excluding tert-OH is 1. The van der Waals surface area contributed by atoms with Crippen molar-refractivity contribution in [3.63, 3.8) is 0 Å². The maximum atomic E-state index is 8.99. The molecule has 1 saturated heterocycles. The number of hydrogen-bond donors (Lipinski definition) is 1. The molecule has 2 rings (SSSR count). The Balaban J connectivity index is 2.12. The topological polar surface area (TPSA) is 60.2 Å². The van der Waals surface area contributed by atoms with E-state index in [2.05, 4.69) is 16.0 Å². The van der Waals surface area contributed by atoms with Crippen molar-refractivity contribution in [2.24, 2.45) is 5.92 Å². The first-order valence-electron chi connectivity index (χ1n) is 5.56. The summed E-state index contributed by atoms with van der Waals surface area (Å²) in [6.07, 6.45) is 3.63. The van der Waals surface area contributed by atoms with Gasteiger partial charge < -0.3 is 10.0 Å². The highest BCUT2D eigenvalue weighted by Crippen LogP contribution is 2.25. The first-order valence-corrected chi connectivity index (χ1v) is 5.56. The first-order chi connectivity index (χ1) is 7.85. The van der Waals surface area contributed by atoms with E-state index in [0.29, 0.717) is 11.5 Å². The van der Waals surface area contributed by atoms with Gasteiger partial charge in [0.1, 0.15) is 11.9 Å². The Morgan fingerprint density at radius 3 is 3.25 bits per heavy atom. The summed E-state index contributed by atoms with van der Waals surface area (Å²) in [4.78, 5) is 6.40. The van der Waals surface area contributed by atoms with Gasteiger partial charge in [0.05, 0.1) is 5.56 Å². The van der Waals surface area contributed by atoms with E-state index in [1.54, 1.807) is 18.3 Å². The number of hydrogen-bond acceptors (Lipinski definition) is 4. The van der Waals surface area contributed by atoms with E-state index in [-0.39, 0.29) is 6.61 Å². The molecule has 16 heavy (non-hydrogen) atoms. The first kappa shape index (κ1) is 10.9. The Labute approximate surface area is 95.1 Å². The molecule has 84 valence electrons. The van der Waals surface area contributed by atoms with Crippen LogP contribution < -0.4 is 4.90 Å². The lowest BCUT2D eigenvalue weighted by Crippen LogP contribution is -2.22. The number of aliphatic hydroxyl groups is 1. The van der Waals surface area contributed by atoms with Crippen molar-refractivity contribution in [1.29, 1.82) is 5.26 Å². The van der Waals surface area contributed by atoms with Crippen LogP contribution in [-0.4, -0.2) is 29.8 Å². The molecule has 0 radical (unpaired) electrons. The third kappa shape index (κ3) is 2.15. The molecule has 0 bridgehead atoms. The van der Waals surface area contributed by atoms with E-state index in [1.165, 1.54) is 0 Å². The lowest BCUT2D eigenvalue weighted by atomic mass is 10.1. The summed E-state index contributed by atoms with van der Waals surface area (Å²) in [7, 11) is 0. The average Bonchev–Trinajstić information content (AvgIpc) is 2.78. The summed E-state index contributed by atoms with van der Waals surface area (Å²) in [6.45, 7) is 2.06. The smallest absolute Gasteiger partial charge is 0.146 e. The van der Waals surface area contributed by atoms with Crippen molar-refractivity contribution in [1.82, 2.24) is 4.98 Å². The normalized spacial score (nSPS) is 19.8. The van der Waals surface area contributed by atoms with Crippen LogP contribution in [0.2, 0.25) is 0 Å². The van der Waals surface area contributed by atoms with Crippen LogP contribution in [0.1, 0.15) is 18.4 Å². The van der Waals surface area contributed by atoms with Gasteiger partial charge in [-0.1, -0.05) is 0 Å². The highest BCUT2D eigenvalue weighted by atomic mass is 16.3. The van der Waals surface area contributed by atoms with Crippen LogP contribution in [0.15, 0.2) is 18.3 Å². The Hall–Kier alpha value is -1.60. The number of rotatable bonds is 3. The standard InChI is InChI=1S/C12H15N3O/c13-8-11-2-1-5-14-12(11)15-6-3-10(9-15)4-7-16/h1-2,5,10,16H,3-4,6-7,9H2. The molecule has 1 fully saturated rings. The largest absolute Gasteiger partial charge is 0.396 e. The molecule has 4 nitrogen and oxygen atoms in total. The quantitative estimate of drug-likeness (QED) is 0.825. The fourth-order valence-electron chi connectivity index (χ4n) is 2.18. The van der Waals surface area contributed by atoms with Crippen molar-refractivity contribution in [3.05, 3.63) is 23.9 Å². The molecular formula is C12H15N3O. The van der Waals surface area contributed by atoms with Crippen LogP contribution in [0, 0.1) is 17.2 Å². The molecule has 0 spiro atoms. The molecule has 1 N–H and O–H groups in total.